The van der Waals surface area contributed by atoms with Crippen LogP contribution in [0.4, 0.5) is 0 Å². The van der Waals surface area contributed by atoms with E-state index in [0.717, 1.165) is 51.5 Å². The van der Waals surface area contributed by atoms with Crippen LogP contribution in [0.15, 0.2) is 9.95 Å². The van der Waals surface area contributed by atoms with Crippen LogP contribution in [0.1, 0.15) is 36.1 Å². The minimum absolute atomic E-state index is 0.0228. The van der Waals surface area contributed by atoms with E-state index in [0.29, 0.717) is 0 Å². The maximum Gasteiger partial charge on any atom is 0.262 e. The van der Waals surface area contributed by atoms with E-state index in [2.05, 4.69) is 4.98 Å². The summed E-state index contributed by atoms with van der Waals surface area (Å²) in [6.45, 7) is 4.01. The Morgan fingerprint density at radius 3 is 2.76 bits per heavy atom. The molecular formula is C15H20N2O2S2. The van der Waals surface area contributed by atoms with Crippen molar-refractivity contribution >= 4 is 33.3 Å². The van der Waals surface area contributed by atoms with Gasteiger partial charge in [-0.3, -0.25) is 9.36 Å². The Bertz CT molecular complexity index is 735. The summed E-state index contributed by atoms with van der Waals surface area (Å²) < 4.78 is 1.63. The molecule has 1 aliphatic carbocycles. The molecule has 2 aromatic rings. The summed E-state index contributed by atoms with van der Waals surface area (Å²) in [7, 11) is 1.78. The molecule has 114 valence electrons. The second-order valence-electron chi connectivity index (χ2n) is 5.73. The number of nitrogens with zero attached hydrogens (tertiary/aromatic N) is 2. The van der Waals surface area contributed by atoms with Gasteiger partial charge in [-0.05, 0) is 32.3 Å². The Morgan fingerprint density at radius 2 is 2.05 bits per heavy atom. The topological polar surface area (TPSA) is 55.1 Å². The molecule has 0 bridgehead atoms. The number of aryl methyl sites for hydroxylation is 2. The smallest absolute Gasteiger partial charge is 0.262 e. The summed E-state index contributed by atoms with van der Waals surface area (Å²) in [5.41, 5.74) is 1.06. The van der Waals surface area contributed by atoms with Crippen LogP contribution >= 0.6 is 23.1 Å². The molecule has 0 amide bonds. The number of aliphatic hydroxyl groups excluding tert-OH is 1. The zero-order chi connectivity index (χ0) is 15.1. The standard InChI is InChI=1S/C15H20N2O2S2/c1-8-9(2)20-13-12(8)14(19)17(3)15(16-13)21-11-7-5-4-6-10(11)18/h10-11,18H,4-7H2,1-3H3. The molecule has 1 saturated carbocycles. The zero-order valence-electron chi connectivity index (χ0n) is 12.5. The van der Waals surface area contributed by atoms with E-state index in [1.165, 1.54) is 0 Å². The van der Waals surface area contributed by atoms with Gasteiger partial charge in [0.2, 0.25) is 0 Å². The minimum atomic E-state index is -0.289. The van der Waals surface area contributed by atoms with Gasteiger partial charge in [-0.15, -0.1) is 11.3 Å². The quantitative estimate of drug-likeness (QED) is 0.863. The molecule has 2 unspecified atom stereocenters. The number of aromatic nitrogens is 2. The van der Waals surface area contributed by atoms with E-state index in [9.17, 15) is 9.90 Å². The van der Waals surface area contributed by atoms with Crippen LogP contribution in [0.2, 0.25) is 0 Å². The average Bonchev–Trinajstić information content (AvgIpc) is 2.73. The molecule has 0 aromatic carbocycles. The minimum Gasteiger partial charge on any atom is -0.392 e. The summed E-state index contributed by atoms with van der Waals surface area (Å²) in [6.07, 6.45) is 3.78. The maximum atomic E-state index is 12.6. The summed E-state index contributed by atoms with van der Waals surface area (Å²) in [5.74, 6) is 0. The molecule has 2 heterocycles. The van der Waals surface area contributed by atoms with Crippen LogP contribution in [-0.4, -0.2) is 26.0 Å². The third-order valence-corrected chi connectivity index (χ3v) is 6.82. The normalized spacial score (nSPS) is 22.9. The molecule has 3 rings (SSSR count). The van der Waals surface area contributed by atoms with Gasteiger partial charge in [-0.2, -0.15) is 0 Å². The molecule has 0 aliphatic heterocycles. The second-order valence-corrected chi connectivity index (χ2v) is 8.14. The SMILES string of the molecule is Cc1sc2nc(SC3CCCCC3O)n(C)c(=O)c2c1C. The van der Waals surface area contributed by atoms with Crippen molar-refractivity contribution in [3.8, 4) is 0 Å². The fraction of sp³-hybridized carbons (Fsp3) is 0.600. The molecule has 4 nitrogen and oxygen atoms in total. The average molecular weight is 324 g/mol. The van der Waals surface area contributed by atoms with Gasteiger partial charge < -0.3 is 5.11 Å². The number of hydrogen-bond acceptors (Lipinski definition) is 5. The van der Waals surface area contributed by atoms with Crippen molar-refractivity contribution in [2.24, 2.45) is 7.05 Å². The lowest BCUT2D eigenvalue weighted by molar-refractivity contribution is 0.137. The van der Waals surface area contributed by atoms with E-state index in [1.54, 1.807) is 34.7 Å². The first kappa shape index (κ1) is 15.1. The van der Waals surface area contributed by atoms with Crippen molar-refractivity contribution in [3.05, 3.63) is 20.8 Å². The van der Waals surface area contributed by atoms with E-state index < -0.39 is 0 Å². The van der Waals surface area contributed by atoms with Crippen LogP contribution in [0.25, 0.3) is 10.2 Å². The third kappa shape index (κ3) is 2.64. The molecule has 1 aliphatic rings. The summed E-state index contributed by atoms with van der Waals surface area (Å²) >= 11 is 3.13. The first-order valence-electron chi connectivity index (χ1n) is 7.30. The highest BCUT2D eigenvalue weighted by Gasteiger charge is 2.26. The maximum absolute atomic E-state index is 12.6. The summed E-state index contributed by atoms with van der Waals surface area (Å²) in [5, 5.41) is 11.7. The van der Waals surface area contributed by atoms with Gasteiger partial charge in [0.25, 0.3) is 5.56 Å². The lowest BCUT2D eigenvalue weighted by Crippen LogP contribution is -2.28. The van der Waals surface area contributed by atoms with E-state index >= 15 is 0 Å². The molecule has 1 N–H and O–H groups in total. The van der Waals surface area contributed by atoms with E-state index in [4.69, 9.17) is 0 Å². The predicted molar refractivity (Wildman–Crippen MR) is 88.5 cm³/mol. The molecule has 1 fully saturated rings. The number of aliphatic hydroxyl groups is 1. The number of hydrogen-bond donors (Lipinski definition) is 1. The predicted octanol–water partition coefficient (Wildman–Crippen LogP) is 3.01. The Labute approximate surface area is 132 Å². The van der Waals surface area contributed by atoms with Crippen LogP contribution in [0.3, 0.4) is 0 Å². The van der Waals surface area contributed by atoms with Gasteiger partial charge in [0.1, 0.15) is 4.83 Å². The molecule has 2 atom stereocenters. The molecule has 6 heteroatoms. The van der Waals surface area contributed by atoms with Crippen LogP contribution in [0.5, 0.6) is 0 Å². The first-order valence-corrected chi connectivity index (χ1v) is 9.00. The molecular weight excluding hydrogens is 304 g/mol. The van der Waals surface area contributed by atoms with E-state index in [-0.39, 0.29) is 16.9 Å². The molecule has 0 saturated heterocycles. The fourth-order valence-electron chi connectivity index (χ4n) is 2.81. The Morgan fingerprint density at radius 1 is 1.33 bits per heavy atom. The van der Waals surface area contributed by atoms with Crippen LogP contribution in [-0.2, 0) is 7.05 Å². The first-order chi connectivity index (χ1) is 9.99. The fourth-order valence-corrected chi connectivity index (χ4v) is 5.12. The lowest BCUT2D eigenvalue weighted by atomic mass is 9.97. The van der Waals surface area contributed by atoms with Crippen LogP contribution < -0.4 is 5.56 Å². The number of fused-ring (bicyclic) bond motifs is 1. The van der Waals surface area contributed by atoms with Gasteiger partial charge in [0.05, 0.1) is 11.5 Å². The zero-order valence-corrected chi connectivity index (χ0v) is 14.2. The number of thiophene rings is 1. The van der Waals surface area contributed by atoms with Crippen molar-refractivity contribution in [2.45, 2.75) is 56.0 Å². The Kier molecular flexibility index (Phi) is 4.12. The second kappa shape index (κ2) is 5.74. The molecule has 0 spiro atoms. The van der Waals surface area contributed by atoms with Gasteiger partial charge in [-0.25, -0.2) is 4.98 Å². The van der Waals surface area contributed by atoms with Gasteiger partial charge in [-0.1, -0.05) is 24.6 Å². The van der Waals surface area contributed by atoms with E-state index in [1.807, 2.05) is 13.8 Å². The van der Waals surface area contributed by atoms with Gasteiger partial charge >= 0.3 is 0 Å². The highest BCUT2D eigenvalue weighted by atomic mass is 32.2. The Hall–Kier alpha value is -0.850. The molecule has 0 radical (unpaired) electrons. The van der Waals surface area contributed by atoms with Gasteiger partial charge in [0.15, 0.2) is 5.16 Å². The highest BCUT2D eigenvalue weighted by molar-refractivity contribution is 7.99. The van der Waals surface area contributed by atoms with Crippen molar-refractivity contribution in [1.82, 2.24) is 9.55 Å². The largest absolute Gasteiger partial charge is 0.392 e. The number of rotatable bonds is 2. The Balaban J connectivity index is 2.03. The van der Waals surface area contributed by atoms with Crippen molar-refractivity contribution < 1.29 is 5.11 Å². The highest BCUT2D eigenvalue weighted by Crippen LogP contribution is 2.34. The summed E-state index contributed by atoms with van der Waals surface area (Å²) in [4.78, 5) is 19.2. The van der Waals surface area contributed by atoms with Crippen LogP contribution in [0, 0.1) is 13.8 Å². The van der Waals surface area contributed by atoms with Gasteiger partial charge in [0, 0.05) is 17.2 Å². The van der Waals surface area contributed by atoms with Crippen molar-refractivity contribution in [1.29, 1.82) is 0 Å². The monoisotopic (exact) mass is 324 g/mol. The third-order valence-electron chi connectivity index (χ3n) is 4.29. The molecule has 21 heavy (non-hydrogen) atoms. The lowest BCUT2D eigenvalue weighted by Gasteiger charge is -2.26. The number of thioether (sulfide) groups is 1. The van der Waals surface area contributed by atoms with Crippen molar-refractivity contribution in [3.63, 3.8) is 0 Å². The summed E-state index contributed by atoms with van der Waals surface area (Å²) in [6, 6.07) is 0. The molecule has 2 aromatic heterocycles. The van der Waals surface area contributed by atoms with Crippen molar-refractivity contribution in [2.75, 3.05) is 0 Å².